The van der Waals surface area contributed by atoms with Crippen molar-refractivity contribution >= 4 is 0 Å². The van der Waals surface area contributed by atoms with E-state index in [1.165, 1.54) is 12.1 Å². The van der Waals surface area contributed by atoms with Crippen LogP contribution in [0.15, 0.2) is 18.2 Å². The van der Waals surface area contributed by atoms with Crippen LogP contribution in [-0.2, 0) is 6.42 Å². The second kappa shape index (κ2) is 3.60. The van der Waals surface area contributed by atoms with E-state index in [1.54, 1.807) is 6.07 Å². The third kappa shape index (κ3) is 1.67. The number of benzene rings is 1. The van der Waals surface area contributed by atoms with Gasteiger partial charge in [0.25, 0.3) is 0 Å². The van der Waals surface area contributed by atoms with Crippen LogP contribution in [0.5, 0.6) is 0 Å². The quantitative estimate of drug-likeness (QED) is 0.791. The molecule has 1 N–H and O–H groups in total. The summed E-state index contributed by atoms with van der Waals surface area (Å²) < 4.78 is 13.1. The molecule has 0 amide bonds. The predicted octanol–water partition coefficient (Wildman–Crippen LogP) is 3.22. The molecule has 0 saturated carbocycles. The van der Waals surface area contributed by atoms with Gasteiger partial charge in [0.05, 0.1) is 6.10 Å². The molecule has 0 heterocycles. The molecule has 2 unspecified atom stereocenters. The zero-order valence-electron chi connectivity index (χ0n) is 9.26. The molecule has 0 spiro atoms. The normalized spacial score (nSPS) is 29.2. The van der Waals surface area contributed by atoms with E-state index in [1.807, 2.05) is 0 Å². The van der Waals surface area contributed by atoms with Crippen molar-refractivity contribution in [2.75, 3.05) is 0 Å². The summed E-state index contributed by atoms with van der Waals surface area (Å²) in [6, 6.07) is 4.75. The van der Waals surface area contributed by atoms with Gasteiger partial charge in [-0.15, -0.1) is 0 Å². The molecule has 1 aliphatic rings. The lowest BCUT2D eigenvalue weighted by atomic mass is 9.80. The van der Waals surface area contributed by atoms with E-state index < -0.39 is 6.10 Å². The van der Waals surface area contributed by atoms with Crippen LogP contribution in [0.1, 0.15) is 43.9 Å². The lowest BCUT2D eigenvalue weighted by molar-refractivity contribution is 0.0454. The molecular formula is C13H17FO. The Morgan fingerprint density at radius 1 is 1.53 bits per heavy atom. The third-order valence-corrected chi connectivity index (χ3v) is 3.48. The van der Waals surface area contributed by atoms with Gasteiger partial charge in [0.15, 0.2) is 0 Å². The Kier molecular flexibility index (Phi) is 2.55. The smallest absolute Gasteiger partial charge is 0.123 e. The van der Waals surface area contributed by atoms with Crippen molar-refractivity contribution in [1.29, 1.82) is 0 Å². The van der Waals surface area contributed by atoms with Crippen LogP contribution in [0.25, 0.3) is 0 Å². The summed E-state index contributed by atoms with van der Waals surface area (Å²) in [6.45, 7) is 4.20. The number of aliphatic hydroxyl groups is 1. The fraction of sp³-hybridized carbons (Fsp3) is 0.538. The number of hydrogen-bond acceptors (Lipinski definition) is 1. The minimum Gasteiger partial charge on any atom is -0.388 e. The second-order valence-electron chi connectivity index (χ2n) is 4.83. The van der Waals surface area contributed by atoms with E-state index >= 15 is 0 Å². The summed E-state index contributed by atoms with van der Waals surface area (Å²) in [7, 11) is 0. The van der Waals surface area contributed by atoms with Crippen LogP contribution >= 0.6 is 0 Å². The van der Waals surface area contributed by atoms with Gasteiger partial charge in [0, 0.05) is 5.41 Å². The molecule has 2 atom stereocenters. The minimum absolute atomic E-state index is 0.106. The van der Waals surface area contributed by atoms with Gasteiger partial charge in [-0.3, -0.25) is 0 Å². The van der Waals surface area contributed by atoms with Gasteiger partial charge in [0.2, 0.25) is 0 Å². The molecule has 0 saturated heterocycles. The Bertz CT molecular complexity index is 375. The number of hydrogen-bond donors (Lipinski definition) is 1. The maximum Gasteiger partial charge on any atom is 0.123 e. The topological polar surface area (TPSA) is 20.2 Å². The molecular weight excluding hydrogens is 191 g/mol. The zero-order valence-corrected chi connectivity index (χ0v) is 9.26. The maximum absolute atomic E-state index is 13.1. The first-order chi connectivity index (χ1) is 7.07. The summed E-state index contributed by atoms with van der Waals surface area (Å²) in [4.78, 5) is 0. The van der Waals surface area contributed by atoms with Crippen LogP contribution in [-0.4, -0.2) is 5.11 Å². The number of aliphatic hydroxyl groups excluding tert-OH is 1. The van der Waals surface area contributed by atoms with E-state index in [9.17, 15) is 9.50 Å². The van der Waals surface area contributed by atoms with Crippen LogP contribution in [0.3, 0.4) is 0 Å². The highest BCUT2D eigenvalue weighted by Crippen LogP contribution is 2.48. The van der Waals surface area contributed by atoms with Crippen molar-refractivity contribution in [3.63, 3.8) is 0 Å². The zero-order chi connectivity index (χ0) is 11.1. The summed E-state index contributed by atoms with van der Waals surface area (Å²) in [6.07, 6.45) is 2.37. The van der Waals surface area contributed by atoms with E-state index in [0.717, 1.165) is 30.4 Å². The lowest BCUT2D eigenvalue weighted by Gasteiger charge is -2.27. The Morgan fingerprint density at radius 3 is 2.93 bits per heavy atom. The van der Waals surface area contributed by atoms with Gasteiger partial charge in [-0.25, -0.2) is 4.39 Å². The SMILES string of the molecule is CCCC1(C)Cc2ccc(F)cc2C1O. The van der Waals surface area contributed by atoms with Crippen molar-refractivity contribution in [3.05, 3.63) is 35.1 Å². The first-order valence-corrected chi connectivity index (χ1v) is 5.53. The molecule has 82 valence electrons. The number of fused-ring (bicyclic) bond motifs is 1. The first-order valence-electron chi connectivity index (χ1n) is 5.53. The highest BCUT2D eigenvalue weighted by atomic mass is 19.1. The molecule has 1 nitrogen and oxygen atoms in total. The third-order valence-electron chi connectivity index (χ3n) is 3.48. The average molecular weight is 208 g/mol. The van der Waals surface area contributed by atoms with Crippen molar-refractivity contribution < 1.29 is 9.50 Å². The van der Waals surface area contributed by atoms with Crippen molar-refractivity contribution in [2.24, 2.45) is 5.41 Å². The summed E-state index contributed by atoms with van der Waals surface area (Å²) in [5.74, 6) is -0.256. The van der Waals surface area contributed by atoms with Gasteiger partial charge in [-0.05, 0) is 36.1 Å². The molecule has 0 aliphatic heterocycles. The predicted molar refractivity (Wildman–Crippen MR) is 58.1 cm³/mol. The highest BCUT2D eigenvalue weighted by molar-refractivity contribution is 5.37. The van der Waals surface area contributed by atoms with E-state index in [0.29, 0.717) is 0 Å². The van der Waals surface area contributed by atoms with Gasteiger partial charge in [-0.2, -0.15) is 0 Å². The fourth-order valence-corrected chi connectivity index (χ4v) is 2.68. The van der Waals surface area contributed by atoms with Gasteiger partial charge in [-0.1, -0.05) is 26.3 Å². The summed E-state index contributed by atoms with van der Waals surface area (Å²) in [5.41, 5.74) is 1.77. The van der Waals surface area contributed by atoms with Crippen LogP contribution in [0.2, 0.25) is 0 Å². The Hall–Kier alpha value is -0.890. The molecule has 1 aromatic carbocycles. The second-order valence-corrected chi connectivity index (χ2v) is 4.83. The highest BCUT2D eigenvalue weighted by Gasteiger charge is 2.40. The van der Waals surface area contributed by atoms with E-state index in [-0.39, 0.29) is 11.2 Å². The lowest BCUT2D eigenvalue weighted by Crippen LogP contribution is -2.21. The largest absolute Gasteiger partial charge is 0.388 e. The molecule has 0 bridgehead atoms. The van der Waals surface area contributed by atoms with Crippen LogP contribution in [0.4, 0.5) is 4.39 Å². The number of rotatable bonds is 2. The van der Waals surface area contributed by atoms with Gasteiger partial charge in [0.1, 0.15) is 5.82 Å². The average Bonchev–Trinajstić information content (AvgIpc) is 2.42. The summed E-state index contributed by atoms with van der Waals surface area (Å²) >= 11 is 0. The Balaban J connectivity index is 2.36. The molecule has 15 heavy (non-hydrogen) atoms. The van der Waals surface area contributed by atoms with Crippen LogP contribution in [0, 0.1) is 11.2 Å². The van der Waals surface area contributed by atoms with Gasteiger partial charge >= 0.3 is 0 Å². The Labute approximate surface area is 89.9 Å². The molecule has 1 aromatic rings. The van der Waals surface area contributed by atoms with Crippen molar-refractivity contribution in [1.82, 2.24) is 0 Å². The van der Waals surface area contributed by atoms with Gasteiger partial charge < -0.3 is 5.11 Å². The molecule has 2 rings (SSSR count). The van der Waals surface area contributed by atoms with E-state index in [2.05, 4.69) is 13.8 Å². The number of halogens is 1. The molecule has 0 fully saturated rings. The van der Waals surface area contributed by atoms with Crippen molar-refractivity contribution in [3.8, 4) is 0 Å². The molecule has 0 aromatic heterocycles. The van der Waals surface area contributed by atoms with Crippen molar-refractivity contribution in [2.45, 2.75) is 39.2 Å². The minimum atomic E-state index is -0.511. The van der Waals surface area contributed by atoms with Crippen LogP contribution < -0.4 is 0 Å². The summed E-state index contributed by atoms with van der Waals surface area (Å²) in [5, 5.41) is 10.2. The molecule has 2 heteroatoms. The standard InChI is InChI=1S/C13H17FO/c1-3-6-13(2)8-9-4-5-10(14)7-11(9)12(13)15/h4-5,7,12,15H,3,6,8H2,1-2H3. The van der Waals surface area contributed by atoms with E-state index in [4.69, 9.17) is 0 Å². The Morgan fingerprint density at radius 2 is 2.27 bits per heavy atom. The monoisotopic (exact) mass is 208 g/mol. The fourth-order valence-electron chi connectivity index (χ4n) is 2.68. The molecule has 1 aliphatic carbocycles. The molecule has 0 radical (unpaired) electrons. The maximum atomic E-state index is 13.1. The first kappa shape index (κ1) is 10.6.